The van der Waals surface area contributed by atoms with Crippen LogP contribution in [0.15, 0.2) is 0 Å². The zero-order valence-corrected chi connectivity index (χ0v) is 10.9. The Labute approximate surface area is 99.4 Å². The fourth-order valence-corrected chi connectivity index (χ4v) is 1.88. The highest BCUT2D eigenvalue weighted by molar-refractivity contribution is 5.81. The van der Waals surface area contributed by atoms with Crippen LogP contribution in [0.2, 0.25) is 0 Å². The molecule has 1 rings (SSSR count). The SMILES string of the molecule is CCCC(C)NC(=O)C(C)NCCC1CC1. The molecule has 0 saturated heterocycles. The van der Waals surface area contributed by atoms with Gasteiger partial charge in [-0.15, -0.1) is 0 Å². The summed E-state index contributed by atoms with van der Waals surface area (Å²) in [5, 5.41) is 6.32. The van der Waals surface area contributed by atoms with E-state index in [0.29, 0.717) is 6.04 Å². The van der Waals surface area contributed by atoms with Crippen molar-refractivity contribution < 1.29 is 4.79 Å². The fourth-order valence-electron chi connectivity index (χ4n) is 1.88. The van der Waals surface area contributed by atoms with Crippen molar-refractivity contribution in [2.45, 2.75) is 65.0 Å². The largest absolute Gasteiger partial charge is 0.352 e. The minimum absolute atomic E-state index is 0.0574. The van der Waals surface area contributed by atoms with E-state index in [4.69, 9.17) is 0 Å². The van der Waals surface area contributed by atoms with Gasteiger partial charge in [0.15, 0.2) is 0 Å². The van der Waals surface area contributed by atoms with E-state index >= 15 is 0 Å². The summed E-state index contributed by atoms with van der Waals surface area (Å²) in [6.45, 7) is 7.13. The van der Waals surface area contributed by atoms with Gasteiger partial charge < -0.3 is 10.6 Å². The maximum Gasteiger partial charge on any atom is 0.237 e. The van der Waals surface area contributed by atoms with Gasteiger partial charge in [0.1, 0.15) is 0 Å². The zero-order valence-electron chi connectivity index (χ0n) is 10.9. The number of carbonyl (C=O) groups is 1. The molecule has 94 valence electrons. The zero-order chi connectivity index (χ0) is 12.0. The van der Waals surface area contributed by atoms with E-state index in [1.54, 1.807) is 0 Å². The summed E-state index contributed by atoms with van der Waals surface area (Å²) in [7, 11) is 0. The summed E-state index contributed by atoms with van der Waals surface area (Å²) >= 11 is 0. The Hall–Kier alpha value is -0.570. The predicted octanol–water partition coefficient (Wildman–Crippen LogP) is 2.07. The molecule has 0 spiro atoms. The van der Waals surface area contributed by atoms with Crippen molar-refractivity contribution in [2.24, 2.45) is 5.92 Å². The van der Waals surface area contributed by atoms with E-state index in [0.717, 1.165) is 25.3 Å². The number of carbonyl (C=O) groups excluding carboxylic acids is 1. The van der Waals surface area contributed by atoms with Crippen molar-refractivity contribution in [3.05, 3.63) is 0 Å². The fraction of sp³-hybridized carbons (Fsp3) is 0.923. The third kappa shape index (κ3) is 5.50. The molecule has 0 radical (unpaired) electrons. The molecule has 1 saturated carbocycles. The highest BCUT2D eigenvalue weighted by Gasteiger charge is 2.21. The van der Waals surface area contributed by atoms with Crippen molar-refractivity contribution in [1.29, 1.82) is 0 Å². The molecule has 1 aliphatic carbocycles. The van der Waals surface area contributed by atoms with Gasteiger partial charge in [-0.25, -0.2) is 0 Å². The normalized spacial score (nSPS) is 19.2. The number of rotatable bonds is 8. The summed E-state index contributed by atoms with van der Waals surface area (Å²) in [5.74, 6) is 1.07. The molecule has 0 aliphatic heterocycles. The lowest BCUT2D eigenvalue weighted by Crippen LogP contribution is -2.45. The third-order valence-corrected chi connectivity index (χ3v) is 3.20. The molecule has 0 aromatic rings. The number of hydrogen-bond donors (Lipinski definition) is 2. The molecular formula is C13H26N2O. The van der Waals surface area contributed by atoms with Crippen LogP contribution < -0.4 is 10.6 Å². The van der Waals surface area contributed by atoms with Crippen LogP contribution in [0, 0.1) is 5.92 Å². The van der Waals surface area contributed by atoms with Crippen molar-refractivity contribution >= 4 is 5.91 Å². The lowest BCUT2D eigenvalue weighted by atomic mass is 10.2. The van der Waals surface area contributed by atoms with Crippen LogP contribution in [-0.2, 0) is 4.79 Å². The van der Waals surface area contributed by atoms with Gasteiger partial charge in [0.2, 0.25) is 5.91 Å². The first-order valence-electron chi connectivity index (χ1n) is 6.67. The topological polar surface area (TPSA) is 41.1 Å². The second-order valence-electron chi connectivity index (χ2n) is 5.11. The summed E-state index contributed by atoms with van der Waals surface area (Å²) in [4.78, 5) is 11.7. The van der Waals surface area contributed by atoms with Crippen molar-refractivity contribution in [3.63, 3.8) is 0 Å². The highest BCUT2D eigenvalue weighted by Crippen LogP contribution is 2.31. The summed E-state index contributed by atoms with van der Waals surface area (Å²) in [5.41, 5.74) is 0. The van der Waals surface area contributed by atoms with Gasteiger partial charge in [-0.3, -0.25) is 4.79 Å². The number of hydrogen-bond acceptors (Lipinski definition) is 2. The molecule has 0 aromatic carbocycles. The van der Waals surface area contributed by atoms with Crippen molar-refractivity contribution in [3.8, 4) is 0 Å². The summed E-state index contributed by atoms with van der Waals surface area (Å²) < 4.78 is 0. The Morgan fingerprint density at radius 2 is 2.06 bits per heavy atom. The molecule has 0 heterocycles. The maximum absolute atomic E-state index is 11.7. The molecule has 2 N–H and O–H groups in total. The molecule has 3 nitrogen and oxygen atoms in total. The Kier molecular flexibility index (Phi) is 5.81. The molecule has 0 aromatic heterocycles. The first kappa shape index (κ1) is 13.5. The minimum Gasteiger partial charge on any atom is -0.352 e. The van der Waals surface area contributed by atoms with E-state index in [1.807, 2.05) is 6.92 Å². The Morgan fingerprint density at radius 3 is 2.62 bits per heavy atom. The Morgan fingerprint density at radius 1 is 1.38 bits per heavy atom. The standard InChI is InChI=1S/C13H26N2O/c1-4-5-10(2)15-13(16)11(3)14-9-8-12-6-7-12/h10-12,14H,4-9H2,1-3H3,(H,15,16). The lowest BCUT2D eigenvalue weighted by Gasteiger charge is -2.18. The molecule has 1 amide bonds. The summed E-state index contributed by atoms with van der Waals surface area (Å²) in [6.07, 6.45) is 6.17. The Balaban J connectivity index is 2.08. The third-order valence-electron chi connectivity index (χ3n) is 3.20. The predicted molar refractivity (Wildman–Crippen MR) is 67.3 cm³/mol. The van der Waals surface area contributed by atoms with E-state index in [-0.39, 0.29) is 11.9 Å². The highest BCUT2D eigenvalue weighted by atomic mass is 16.2. The molecule has 1 aliphatic rings. The van der Waals surface area contributed by atoms with Crippen LogP contribution in [0.4, 0.5) is 0 Å². The van der Waals surface area contributed by atoms with Gasteiger partial charge in [0.05, 0.1) is 6.04 Å². The van der Waals surface area contributed by atoms with E-state index in [2.05, 4.69) is 24.5 Å². The van der Waals surface area contributed by atoms with Crippen LogP contribution in [0.25, 0.3) is 0 Å². The van der Waals surface area contributed by atoms with Crippen molar-refractivity contribution in [1.82, 2.24) is 10.6 Å². The van der Waals surface area contributed by atoms with Gasteiger partial charge in [-0.05, 0) is 39.2 Å². The minimum atomic E-state index is -0.0574. The lowest BCUT2D eigenvalue weighted by molar-refractivity contribution is -0.123. The monoisotopic (exact) mass is 226 g/mol. The van der Waals surface area contributed by atoms with E-state index < -0.39 is 0 Å². The van der Waals surface area contributed by atoms with Crippen LogP contribution in [-0.4, -0.2) is 24.5 Å². The second kappa shape index (κ2) is 6.89. The van der Waals surface area contributed by atoms with E-state index in [9.17, 15) is 4.79 Å². The van der Waals surface area contributed by atoms with E-state index in [1.165, 1.54) is 19.3 Å². The second-order valence-corrected chi connectivity index (χ2v) is 5.11. The molecule has 16 heavy (non-hydrogen) atoms. The Bertz CT molecular complexity index is 214. The molecule has 3 heteroatoms. The molecule has 1 fully saturated rings. The first-order chi connectivity index (χ1) is 7.63. The van der Waals surface area contributed by atoms with Gasteiger partial charge in [0.25, 0.3) is 0 Å². The molecule has 2 atom stereocenters. The van der Waals surface area contributed by atoms with Gasteiger partial charge >= 0.3 is 0 Å². The molecule has 2 unspecified atom stereocenters. The van der Waals surface area contributed by atoms with Gasteiger partial charge in [0, 0.05) is 6.04 Å². The van der Waals surface area contributed by atoms with Crippen LogP contribution >= 0.6 is 0 Å². The first-order valence-corrected chi connectivity index (χ1v) is 6.67. The number of nitrogens with one attached hydrogen (secondary N) is 2. The summed E-state index contributed by atoms with van der Waals surface area (Å²) in [6, 6.07) is 0.239. The van der Waals surface area contributed by atoms with Gasteiger partial charge in [-0.2, -0.15) is 0 Å². The maximum atomic E-state index is 11.7. The molecule has 0 bridgehead atoms. The van der Waals surface area contributed by atoms with Gasteiger partial charge in [-0.1, -0.05) is 26.2 Å². The average molecular weight is 226 g/mol. The average Bonchev–Trinajstić information content (AvgIpc) is 3.01. The van der Waals surface area contributed by atoms with Crippen LogP contribution in [0.5, 0.6) is 0 Å². The quantitative estimate of drug-likeness (QED) is 0.665. The number of amides is 1. The van der Waals surface area contributed by atoms with Crippen LogP contribution in [0.1, 0.15) is 52.9 Å². The van der Waals surface area contributed by atoms with Crippen molar-refractivity contribution in [2.75, 3.05) is 6.54 Å². The smallest absolute Gasteiger partial charge is 0.237 e. The van der Waals surface area contributed by atoms with Crippen LogP contribution in [0.3, 0.4) is 0 Å². The molecular weight excluding hydrogens is 200 g/mol.